The molecule has 0 saturated heterocycles. The first-order valence-electron chi connectivity index (χ1n) is 10.1. The van der Waals surface area contributed by atoms with Crippen LogP contribution in [-0.2, 0) is 0 Å². The van der Waals surface area contributed by atoms with E-state index in [1.54, 1.807) is 5.20 Å². The number of rotatable bonds is 6. The Bertz CT molecular complexity index is 820. The predicted octanol–water partition coefficient (Wildman–Crippen LogP) is 5.86. The van der Waals surface area contributed by atoms with Gasteiger partial charge >= 0.3 is 0 Å². The second-order valence-corrected chi connectivity index (χ2v) is 19.1. The highest BCUT2D eigenvalue weighted by Crippen LogP contribution is 2.42. The maximum absolute atomic E-state index is 6.38. The quantitative estimate of drug-likeness (QED) is 0.430. The fourth-order valence-corrected chi connectivity index (χ4v) is 10.4. The Morgan fingerprint density at radius 3 is 1.96 bits per heavy atom. The molecule has 1 aromatic rings. The van der Waals surface area contributed by atoms with E-state index in [1.807, 2.05) is 6.08 Å². The molecule has 0 aliphatic heterocycles. The molecule has 0 aromatic heterocycles. The molecule has 0 amide bonds. The molecule has 0 bridgehead atoms. The molecule has 0 radical (unpaired) electrons. The lowest BCUT2D eigenvalue weighted by Crippen LogP contribution is -2.51. The Labute approximate surface area is 169 Å². The smallest absolute Gasteiger partial charge is 0.118 e. The summed E-state index contributed by atoms with van der Waals surface area (Å²) >= 11 is 0. The fourth-order valence-electron chi connectivity index (χ4n) is 4.61. The van der Waals surface area contributed by atoms with Gasteiger partial charge in [0.05, 0.1) is 8.07 Å². The Morgan fingerprint density at radius 1 is 0.963 bits per heavy atom. The molecular weight excluding hydrogens is 360 g/mol. The van der Waals surface area contributed by atoms with Gasteiger partial charge in [-0.15, -0.1) is 0 Å². The van der Waals surface area contributed by atoms with Gasteiger partial charge in [-0.3, -0.25) is 0 Å². The molecular formula is C24H38OSi2. The summed E-state index contributed by atoms with van der Waals surface area (Å²) in [5.41, 5.74) is 5.90. The largest absolute Gasteiger partial charge is 0.490 e. The van der Waals surface area contributed by atoms with Crippen LogP contribution < -0.4 is 15.1 Å². The monoisotopic (exact) mass is 398 g/mol. The van der Waals surface area contributed by atoms with Gasteiger partial charge in [0.25, 0.3) is 0 Å². The van der Waals surface area contributed by atoms with Crippen LogP contribution in [0.4, 0.5) is 0 Å². The third-order valence-electron chi connectivity index (χ3n) is 6.37. The molecule has 1 unspecified atom stereocenters. The lowest BCUT2D eigenvalue weighted by molar-refractivity contribution is 0.368. The van der Waals surface area contributed by atoms with Crippen molar-refractivity contribution in [1.82, 2.24) is 0 Å². The van der Waals surface area contributed by atoms with Crippen molar-refractivity contribution in [2.45, 2.75) is 67.4 Å². The van der Waals surface area contributed by atoms with Gasteiger partial charge in [0.2, 0.25) is 0 Å². The molecule has 1 aliphatic rings. The molecule has 148 valence electrons. The van der Waals surface area contributed by atoms with Crippen LogP contribution in [0.3, 0.4) is 0 Å². The van der Waals surface area contributed by atoms with E-state index in [-0.39, 0.29) is 0 Å². The van der Waals surface area contributed by atoms with Crippen LogP contribution in [0.25, 0.3) is 0 Å². The third kappa shape index (κ3) is 3.95. The van der Waals surface area contributed by atoms with Gasteiger partial charge in [0, 0.05) is 0 Å². The van der Waals surface area contributed by atoms with Gasteiger partial charge in [0.1, 0.15) is 20.4 Å². The first-order chi connectivity index (χ1) is 12.3. The minimum Gasteiger partial charge on any atom is -0.490 e. The Kier molecular flexibility index (Phi) is 6.18. The van der Waals surface area contributed by atoms with Gasteiger partial charge < -0.3 is 4.74 Å². The van der Waals surface area contributed by atoms with Gasteiger partial charge in [-0.2, -0.15) is 0 Å². The molecule has 0 N–H and O–H groups in total. The van der Waals surface area contributed by atoms with Crippen LogP contribution in [0, 0.1) is 12.8 Å². The highest BCUT2D eigenvalue weighted by atomic mass is 28.3. The summed E-state index contributed by atoms with van der Waals surface area (Å²) in [4.78, 5) is 0. The Morgan fingerprint density at radius 2 is 1.52 bits per heavy atom. The summed E-state index contributed by atoms with van der Waals surface area (Å²) < 4.78 is 6.38. The van der Waals surface area contributed by atoms with E-state index >= 15 is 0 Å². The Balaban J connectivity index is 2.77. The molecule has 1 atom stereocenters. The van der Waals surface area contributed by atoms with E-state index in [4.69, 9.17) is 4.74 Å². The highest BCUT2D eigenvalue weighted by Gasteiger charge is 2.40. The van der Waals surface area contributed by atoms with Gasteiger partial charge in [-0.25, -0.2) is 0 Å². The van der Waals surface area contributed by atoms with Crippen molar-refractivity contribution in [3.05, 3.63) is 52.3 Å². The standard InChI is InChI=1S/C24H38OSi2/c1-12-13-25-23-21(26(7,8)9)14-16(2)15-22(23)27(10,11)24-19(5)17(3)18(4)20(24)6/h12,14-15,19H,1,13H2,2-11H3. The molecule has 1 aromatic carbocycles. The van der Waals surface area contributed by atoms with E-state index in [0.717, 1.165) is 5.75 Å². The average Bonchev–Trinajstić information content (AvgIpc) is 2.75. The van der Waals surface area contributed by atoms with Gasteiger partial charge in [-0.1, -0.05) is 86.4 Å². The number of hydrogen-bond donors (Lipinski definition) is 0. The van der Waals surface area contributed by atoms with Crippen molar-refractivity contribution in [1.29, 1.82) is 0 Å². The Hall–Kier alpha value is -1.33. The zero-order chi connectivity index (χ0) is 20.7. The minimum absolute atomic E-state index is 0.537. The van der Waals surface area contributed by atoms with Crippen LogP contribution >= 0.6 is 0 Å². The molecule has 3 heteroatoms. The van der Waals surface area contributed by atoms with Gasteiger partial charge in [0.15, 0.2) is 0 Å². The molecule has 0 saturated carbocycles. The second-order valence-electron chi connectivity index (χ2n) is 9.73. The van der Waals surface area contributed by atoms with Crippen LogP contribution in [0.15, 0.2) is 46.7 Å². The average molecular weight is 399 g/mol. The van der Waals surface area contributed by atoms with Crippen molar-refractivity contribution in [3.8, 4) is 5.75 Å². The summed E-state index contributed by atoms with van der Waals surface area (Å²) in [6.07, 6.45) is 1.87. The SMILES string of the molecule is C=CCOc1c([Si](C)(C)C)cc(C)cc1[Si](C)(C)C1=C(C)C(C)=C(C)C1C. The molecule has 0 heterocycles. The maximum atomic E-state index is 6.38. The number of allylic oxidation sites excluding steroid dienone is 4. The normalized spacial score (nSPS) is 18.4. The lowest BCUT2D eigenvalue weighted by Gasteiger charge is -2.34. The van der Waals surface area contributed by atoms with E-state index in [1.165, 1.54) is 32.7 Å². The van der Waals surface area contributed by atoms with Crippen LogP contribution in [0.1, 0.15) is 33.3 Å². The third-order valence-corrected chi connectivity index (χ3v) is 12.2. The summed E-state index contributed by atoms with van der Waals surface area (Å²) in [6, 6.07) is 4.77. The molecule has 27 heavy (non-hydrogen) atoms. The van der Waals surface area contributed by atoms with Crippen molar-refractivity contribution < 1.29 is 4.74 Å². The summed E-state index contributed by atoms with van der Waals surface area (Å²) in [6.45, 7) is 28.3. The van der Waals surface area contributed by atoms with Crippen molar-refractivity contribution >= 4 is 26.5 Å². The number of aryl methyl sites for hydroxylation is 1. The summed E-state index contributed by atoms with van der Waals surface area (Å²) in [5, 5.41) is 4.59. The molecule has 0 spiro atoms. The van der Waals surface area contributed by atoms with Crippen LogP contribution in [-0.4, -0.2) is 22.8 Å². The van der Waals surface area contributed by atoms with Crippen molar-refractivity contribution in [2.24, 2.45) is 5.92 Å². The van der Waals surface area contributed by atoms with E-state index in [9.17, 15) is 0 Å². The zero-order valence-corrected chi connectivity index (χ0v) is 21.1. The topological polar surface area (TPSA) is 9.23 Å². The molecule has 1 aliphatic carbocycles. The van der Waals surface area contributed by atoms with E-state index in [2.05, 4.69) is 86.1 Å². The fraction of sp³-hybridized carbons (Fsp3) is 0.500. The minimum atomic E-state index is -1.89. The summed E-state index contributed by atoms with van der Waals surface area (Å²) in [5.74, 6) is 1.70. The lowest BCUT2D eigenvalue weighted by atomic mass is 10.1. The number of hydrogen-bond acceptors (Lipinski definition) is 1. The first kappa shape index (κ1) is 22.0. The second kappa shape index (κ2) is 7.59. The van der Waals surface area contributed by atoms with Crippen molar-refractivity contribution in [3.63, 3.8) is 0 Å². The van der Waals surface area contributed by atoms with Crippen LogP contribution in [0.2, 0.25) is 32.7 Å². The predicted molar refractivity (Wildman–Crippen MR) is 127 cm³/mol. The van der Waals surface area contributed by atoms with Crippen molar-refractivity contribution in [2.75, 3.05) is 6.61 Å². The summed E-state index contributed by atoms with van der Waals surface area (Å²) in [7, 11) is -3.42. The zero-order valence-electron chi connectivity index (χ0n) is 19.1. The molecule has 2 rings (SSSR count). The molecule has 0 fully saturated rings. The van der Waals surface area contributed by atoms with Crippen LogP contribution in [0.5, 0.6) is 5.75 Å². The van der Waals surface area contributed by atoms with E-state index in [0.29, 0.717) is 12.5 Å². The number of benzene rings is 1. The van der Waals surface area contributed by atoms with Gasteiger partial charge in [-0.05, 0) is 49.6 Å². The molecule has 1 nitrogen and oxygen atoms in total. The maximum Gasteiger partial charge on any atom is 0.118 e. The first-order valence-corrected chi connectivity index (χ1v) is 16.6. The number of ether oxygens (including phenoxy) is 1. The highest BCUT2D eigenvalue weighted by molar-refractivity contribution is 6.97. The van der Waals surface area contributed by atoms with E-state index < -0.39 is 16.1 Å².